The number of thiazole rings is 1. The van der Waals surface area contributed by atoms with Crippen molar-refractivity contribution in [2.75, 3.05) is 0 Å². The third kappa shape index (κ3) is 3.09. The third-order valence-electron chi connectivity index (χ3n) is 6.16. The highest BCUT2D eigenvalue weighted by Gasteiger charge is 2.32. The van der Waals surface area contributed by atoms with E-state index in [1.807, 2.05) is 42.5 Å². The van der Waals surface area contributed by atoms with Crippen LogP contribution in [0.3, 0.4) is 0 Å². The van der Waals surface area contributed by atoms with E-state index < -0.39 is 0 Å². The number of allylic oxidation sites excluding steroid dienone is 1. The van der Waals surface area contributed by atoms with Gasteiger partial charge in [-0.15, -0.1) is 0 Å². The minimum atomic E-state index is -0.284. The Morgan fingerprint density at radius 1 is 0.938 bits per heavy atom. The average molecular weight is 439 g/mol. The van der Waals surface area contributed by atoms with Gasteiger partial charge < -0.3 is 0 Å². The Kier molecular flexibility index (Phi) is 4.51. The molecule has 32 heavy (non-hydrogen) atoms. The summed E-state index contributed by atoms with van der Waals surface area (Å²) >= 11 is 1.41. The number of halogens is 1. The maximum Gasteiger partial charge on any atom is 0.271 e. The molecule has 0 saturated carbocycles. The van der Waals surface area contributed by atoms with Crippen LogP contribution in [-0.2, 0) is 6.42 Å². The van der Waals surface area contributed by atoms with Crippen LogP contribution in [-0.4, -0.2) is 4.57 Å². The topological polar surface area (TPSA) is 34.4 Å². The van der Waals surface area contributed by atoms with E-state index in [4.69, 9.17) is 4.99 Å². The Hall–Kier alpha value is -3.57. The lowest BCUT2D eigenvalue weighted by molar-refractivity contribution is 0.581. The van der Waals surface area contributed by atoms with E-state index in [9.17, 15) is 9.18 Å². The molecule has 1 atom stereocenters. The van der Waals surface area contributed by atoms with Crippen molar-refractivity contribution in [2.45, 2.75) is 18.9 Å². The lowest BCUT2D eigenvalue weighted by atomic mass is 9.83. The van der Waals surface area contributed by atoms with Gasteiger partial charge in [-0.05, 0) is 53.3 Å². The molecule has 0 radical (unpaired) electrons. The molecule has 2 aliphatic rings. The van der Waals surface area contributed by atoms with Crippen LogP contribution in [0.15, 0.2) is 94.2 Å². The Morgan fingerprint density at radius 3 is 2.50 bits per heavy atom. The van der Waals surface area contributed by atoms with Gasteiger partial charge in [-0.1, -0.05) is 78.1 Å². The number of rotatable bonds is 2. The second-order valence-electron chi connectivity index (χ2n) is 8.08. The van der Waals surface area contributed by atoms with E-state index in [1.165, 1.54) is 29.0 Å². The highest BCUT2D eigenvalue weighted by atomic mass is 32.1. The summed E-state index contributed by atoms with van der Waals surface area (Å²) in [5, 5.41) is 0. The monoisotopic (exact) mass is 438 g/mol. The minimum Gasteiger partial charge on any atom is -0.272 e. The van der Waals surface area contributed by atoms with Crippen molar-refractivity contribution in [3.05, 3.63) is 132 Å². The van der Waals surface area contributed by atoms with Gasteiger partial charge in [-0.3, -0.25) is 9.36 Å². The fourth-order valence-corrected chi connectivity index (χ4v) is 5.67. The van der Waals surface area contributed by atoms with Crippen LogP contribution in [0.4, 0.5) is 4.39 Å². The summed E-state index contributed by atoms with van der Waals surface area (Å²) in [7, 11) is 0. The molecule has 0 bridgehead atoms. The van der Waals surface area contributed by atoms with Gasteiger partial charge in [-0.2, -0.15) is 0 Å². The fourth-order valence-electron chi connectivity index (χ4n) is 4.67. The van der Waals surface area contributed by atoms with Gasteiger partial charge in [0.1, 0.15) is 5.82 Å². The van der Waals surface area contributed by atoms with Gasteiger partial charge in [-0.25, -0.2) is 9.38 Å². The van der Waals surface area contributed by atoms with Crippen LogP contribution < -0.4 is 14.9 Å². The van der Waals surface area contributed by atoms with Gasteiger partial charge in [0.2, 0.25) is 0 Å². The molecule has 0 unspecified atom stereocenters. The first-order valence-corrected chi connectivity index (χ1v) is 11.4. The number of aromatic nitrogens is 1. The number of hydrogen-bond acceptors (Lipinski definition) is 3. The second-order valence-corrected chi connectivity index (χ2v) is 9.09. The second kappa shape index (κ2) is 7.53. The lowest BCUT2D eigenvalue weighted by Crippen LogP contribution is -2.38. The SMILES string of the molecule is O=c1/c(=C\c2ccccc2)sc2n1[C@@H](c1ccc(F)cc1)C1=C(N=2)c2ccccc2CC1. The summed E-state index contributed by atoms with van der Waals surface area (Å²) < 4.78 is 16.1. The van der Waals surface area contributed by atoms with Crippen molar-refractivity contribution >= 4 is 23.1 Å². The molecule has 0 spiro atoms. The van der Waals surface area contributed by atoms with Crippen LogP contribution >= 0.6 is 11.3 Å². The smallest absolute Gasteiger partial charge is 0.271 e. The number of benzene rings is 3. The highest BCUT2D eigenvalue weighted by Crippen LogP contribution is 2.41. The molecule has 6 rings (SSSR count). The molecule has 0 fully saturated rings. The van der Waals surface area contributed by atoms with Crippen molar-refractivity contribution in [1.82, 2.24) is 4.57 Å². The maximum absolute atomic E-state index is 13.7. The van der Waals surface area contributed by atoms with E-state index in [-0.39, 0.29) is 17.4 Å². The van der Waals surface area contributed by atoms with Crippen molar-refractivity contribution in [3.63, 3.8) is 0 Å². The summed E-state index contributed by atoms with van der Waals surface area (Å²) in [6.07, 6.45) is 3.64. The molecule has 3 nitrogen and oxygen atoms in total. The molecule has 2 heterocycles. The average Bonchev–Trinajstić information content (AvgIpc) is 3.13. The van der Waals surface area contributed by atoms with Crippen molar-refractivity contribution in [2.24, 2.45) is 4.99 Å². The molecule has 5 heteroatoms. The Labute approximate surface area is 188 Å². The van der Waals surface area contributed by atoms with Crippen LogP contribution in [0.1, 0.15) is 34.7 Å². The van der Waals surface area contributed by atoms with Gasteiger partial charge >= 0.3 is 0 Å². The summed E-state index contributed by atoms with van der Waals surface area (Å²) in [5.74, 6) is -0.284. The molecule has 3 aromatic carbocycles. The zero-order valence-corrected chi connectivity index (χ0v) is 18.0. The predicted molar refractivity (Wildman–Crippen MR) is 126 cm³/mol. The number of hydrogen-bond donors (Lipinski definition) is 0. The molecule has 4 aromatic rings. The van der Waals surface area contributed by atoms with Crippen LogP contribution in [0, 0.1) is 5.82 Å². The first kappa shape index (κ1) is 19.1. The summed E-state index contributed by atoms with van der Waals surface area (Å²) in [6, 6.07) is 24.4. The van der Waals surface area contributed by atoms with E-state index in [0.717, 1.165) is 40.8 Å². The van der Waals surface area contributed by atoms with Crippen molar-refractivity contribution < 1.29 is 4.39 Å². The molecule has 1 aromatic heterocycles. The molecule has 1 aliphatic carbocycles. The first-order valence-electron chi connectivity index (χ1n) is 10.6. The van der Waals surface area contributed by atoms with E-state index >= 15 is 0 Å². The van der Waals surface area contributed by atoms with Gasteiger partial charge in [0, 0.05) is 5.56 Å². The van der Waals surface area contributed by atoms with E-state index in [1.54, 1.807) is 16.7 Å². The van der Waals surface area contributed by atoms with Crippen LogP contribution in [0.5, 0.6) is 0 Å². The Balaban J connectivity index is 1.64. The molecule has 156 valence electrons. The number of aryl methyl sites for hydroxylation is 1. The zero-order chi connectivity index (χ0) is 21.7. The summed E-state index contributed by atoms with van der Waals surface area (Å²) in [5.41, 5.74) is 6.30. The highest BCUT2D eigenvalue weighted by molar-refractivity contribution is 7.07. The third-order valence-corrected chi connectivity index (χ3v) is 7.14. The molecule has 0 N–H and O–H groups in total. The van der Waals surface area contributed by atoms with E-state index in [2.05, 4.69) is 18.2 Å². The van der Waals surface area contributed by atoms with Crippen LogP contribution in [0.25, 0.3) is 11.8 Å². The normalized spacial score (nSPS) is 17.4. The molecular weight excluding hydrogens is 419 g/mol. The number of fused-ring (bicyclic) bond motifs is 3. The summed E-state index contributed by atoms with van der Waals surface area (Å²) in [4.78, 5) is 19.2. The van der Waals surface area contributed by atoms with E-state index in [0.29, 0.717) is 9.33 Å². The molecule has 0 saturated heterocycles. The van der Waals surface area contributed by atoms with Gasteiger partial charge in [0.25, 0.3) is 5.56 Å². The molecular formula is C27H19FN2OS. The quantitative estimate of drug-likeness (QED) is 0.455. The predicted octanol–water partition coefficient (Wildman–Crippen LogP) is 4.46. The Morgan fingerprint density at radius 2 is 1.69 bits per heavy atom. The van der Waals surface area contributed by atoms with Crippen molar-refractivity contribution in [3.8, 4) is 0 Å². The van der Waals surface area contributed by atoms with Gasteiger partial charge in [0.15, 0.2) is 4.80 Å². The lowest BCUT2D eigenvalue weighted by Gasteiger charge is -2.30. The zero-order valence-electron chi connectivity index (χ0n) is 17.2. The Bertz CT molecular complexity index is 1550. The standard InChI is InChI=1S/C27H19FN2OS/c28-20-13-10-19(11-14-20)25-22-15-12-18-8-4-5-9-21(18)24(22)29-27-30(25)26(31)23(32-27)16-17-6-2-1-3-7-17/h1-11,13-14,16,25H,12,15H2/b23-16+/t25-/m0/s1. The van der Waals surface area contributed by atoms with Crippen molar-refractivity contribution in [1.29, 1.82) is 0 Å². The molecule has 0 amide bonds. The minimum absolute atomic E-state index is 0.0580. The largest absolute Gasteiger partial charge is 0.272 e. The van der Waals surface area contributed by atoms with Gasteiger partial charge in [0.05, 0.1) is 16.3 Å². The molecule has 1 aliphatic heterocycles. The van der Waals surface area contributed by atoms with Crippen LogP contribution in [0.2, 0.25) is 0 Å². The maximum atomic E-state index is 13.7. The number of nitrogens with zero attached hydrogens (tertiary/aromatic N) is 2. The first-order chi connectivity index (χ1) is 15.7. The summed E-state index contributed by atoms with van der Waals surface area (Å²) in [6.45, 7) is 0. The fraction of sp³-hybridized carbons (Fsp3) is 0.111.